The first-order valence-corrected chi connectivity index (χ1v) is 14.9. The van der Waals surface area contributed by atoms with E-state index in [1.165, 1.54) is 11.3 Å². The number of nitrogens with zero attached hydrogens (tertiary/aromatic N) is 1. The summed E-state index contributed by atoms with van der Waals surface area (Å²) in [6.07, 6.45) is 3.50. The Balaban J connectivity index is 1.37. The van der Waals surface area contributed by atoms with Gasteiger partial charge >= 0.3 is 0 Å². The van der Waals surface area contributed by atoms with Crippen LogP contribution in [-0.4, -0.2) is 41.9 Å². The van der Waals surface area contributed by atoms with Gasteiger partial charge in [0.1, 0.15) is 0 Å². The summed E-state index contributed by atoms with van der Waals surface area (Å²) in [5.41, 5.74) is 5.94. The Bertz CT molecular complexity index is 997. The van der Waals surface area contributed by atoms with Gasteiger partial charge in [0.2, 0.25) is 11.8 Å². The van der Waals surface area contributed by atoms with Gasteiger partial charge < -0.3 is 10.1 Å². The monoisotopic (exact) mass is 488 g/mol. The van der Waals surface area contributed by atoms with E-state index < -0.39 is 8.32 Å². The summed E-state index contributed by atoms with van der Waals surface area (Å²) >= 11 is 1.33. The largest absolute Gasteiger partial charge is 0.432 e. The zero-order chi connectivity index (χ0) is 24.2. The zero-order valence-corrected chi connectivity index (χ0v) is 21.3. The molecular formula is C23H32N4O4SSi. The Kier molecular flexibility index (Phi) is 7.71. The Morgan fingerprint density at radius 2 is 1.82 bits per heavy atom. The van der Waals surface area contributed by atoms with Crippen molar-refractivity contribution in [1.29, 1.82) is 0 Å². The molecule has 1 aromatic carbocycles. The second kappa shape index (κ2) is 10.1. The third-order valence-corrected chi connectivity index (χ3v) is 11.2. The Hall–Kier alpha value is -2.56. The second-order valence-electron chi connectivity index (χ2n) is 9.71. The maximum atomic E-state index is 12.5. The predicted octanol–water partition coefficient (Wildman–Crippen LogP) is 3.22. The number of amides is 3. The average Bonchev–Trinajstić information content (AvgIpc) is 3.23. The highest BCUT2D eigenvalue weighted by molar-refractivity contribution is 7.17. The quantitative estimate of drug-likeness (QED) is 0.336. The molecule has 1 fully saturated rings. The van der Waals surface area contributed by atoms with Gasteiger partial charge in [0.05, 0.1) is 4.88 Å². The van der Waals surface area contributed by atoms with Crippen molar-refractivity contribution in [2.24, 2.45) is 5.92 Å². The molecule has 2 aromatic rings. The van der Waals surface area contributed by atoms with E-state index in [1.54, 1.807) is 6.20 Å². The van der Waals surface area contributed by atoms with Crippen molar-refractivity contribution in [3.63, 3.8) is 0 Å². The Labute approximate surface area is 199 Å². The van der Waals surface area contributed by atoms with Crippen LogP contribution in [0.25, 0.3) is 10.4 Å². The molecule has 3 rings (SSSR count). The Morgan fingerprint density at radius 1 is 1.15 bits per heavy atom. The van der Waals surface area contributed by atoms with E-state index in [0.717, 1.165) is 10.4 Å². The van der Waals surface area contributed by atoms with E-state index in [2.05, 4.69) is 21.2 Å². The summed E-state index contributed by atoms with van der Waals surface area (Å²) < 4.78 is 0. The molecule has 1 aromatic heterocycles. The van der Waals surface area contributed by atoms with Gasteiger partial charge in [-0.2, -0.15) is 0 Å². The van der Waals surface area contributed by atoms with Crippen LogP contribution in [0.5, 0.6) is 0 Å². The smallest absolute Gasteiger partial charge is 0.280 e. The minimum Gasteiger partial charge on any atom is -0.432 e. The summed E-state index contributed by atoms with van der Waals surface area (Å²) in [5.74, 6) is -1.04. The molecule has 0 aliphatic heterocycles. The molecule has 0 bridgehead atoms. The lowest BCUT2D eigenvalue weighted by Gasteiger charge is -2.35. The second-order valence-corrected chi connectivity index (χ2v) is 15.2. The number of carbonyl (C=O) groups excluding carboxylic acids is 3. The predicted molar refractivity (Wildman–Crippen MR) is 131 cm³/mol. The molecule has 10 heteroatoms. The summed E-state index contributed by atoms with van der Waals surface area (Å²) in [5, 5.41) is 3.02. The molecule has 0 atom stereocenters. The van der Waals surface area contributed by atoms with Crippen molar-refractivity contribution < 1.29 is 19.2 Å². The topological polar surface area (TPSA) is 120 Å². The molecule has 1 heterocycles. The summed E-state index contributed by atoms with van der Waals surface area (Å²) in [4.78, 5) is 52.3. The van der Waals surface area contributed by atoms with Gasteiger partial charge in [-0.05, 0) is 43.0 Å². The number of benzene rings is 1. The van der Waals surface area contributed by atoms with Gasteiger partial charge in [-0.15, -0.1) is 11.3 Å². The van der Waals surface area contributed by atoms with Gasteiger partial charge in [-0.25, -0.2) is 4.98 Å². The molecule has 3 amide bonds. The summed E-state index contributed by atoms with van der Waals surface area (Å²) in [6, 6.07) is 9.67. The zero-order valence-electron chi connectivity index (χ0n) is 19.5. The highest BCUT2D eigenvalue weighted by atomic mass is 32.1. The molecular weight excluding hydrogens is 456 g/mol. The highest BCUT2D eigenvalue weighted by Gasteiger charge is 2.38. The Morgan fingerprint density at radius 3 is 2.45 bits per heavy atom. The number of hydrogen-bond acceptors (Lipinski definition) is 6. The standard InChI is InChI=1S/C23H32N4O4SSi/c1-23(2,33(3,4)31)11-10-19(28)26-27-20(29)16-12-17(13-16)25-21(30)22-24-14-18(32-22)15-8-6-5-7-9-15/h5-9,14,16-17,31H,10-13H2,1-4H3,(H,25,30)(H,26,28)(H,27,29). The maximum Gasteiger partial charge on any atom is 0.280 e. The van der Waals surface area contributed by atoms with Gasteiger partial charge in [0.25, 0.3) is 5.91 Å². The fraction of sp³-hybridized carbons (Fsp3) is 0.478. The molecule has 1 aliphatic rings. The number of nitrogens with one attached hydrogen (secondary N) is 3. The van der Waals surface area contributed by atoms with Crippen LogP contribution in [0.4, 0.5) is 0 Å². The van der Waals surface area contributed by atoms with E-state index in [-0.39, 0.29) is 41.1 Å². The van der Waals surface area contributed by atoms with E-state index in [4.69, 9.17) is 0 Å². The van der Waals surface area contributed by atoms with Crippen molar-refractivity contribution in [2.75, 3.05) is 0 Å². The summed E-state index contributed by atoms with van der Waals surface area (Å²) in [6.45, 7) is 7.63. The SMILES string of the molecule is CC(C)(CCC(=O)NNC(=O)C1CC(NC(=O)c2ncc(-c3ccccc3)s2)C1)[Si](C)(C)O. The molecule has 178 valence electrons. The van der Waals surface area contributed by atoms with Crippen LogP contribution >= 0.6 is 11.3 Å². The van der Waals surface area contributed by atoms with Crippen LogP contribution in [0, 0.1) is 5.92 Å². The first-order chi connectivity index (χ1) is 15.5. The van der Waals surface area contributed by atoms with Crippen LogP contribution in [0.15, 0.2) is 36.5 Å². The molecule has 33 heavy (non-hydrogen) atoms. The first-order valence-electron chi connectivity index (χ1n) is 11.1. The van der Waals surface area contributed by atoms with Gasteiger partial charge in [0.15, 0.2) is 13.3 Å². The summed E-state index contributed by atoms with van der Waals surface area (Å²) in [7, 11) is -2.38. The number of thiazole rings is 1. The molecule has 0 unspecified atom stereocenters. The van der Waals surface area contributed by atoms with E-state index in [0.29, 0.717) is 24.3 Å². The first kappa shape index (κ1) is 25.1. The number of hydrazine groups is 1. The lowest BCUT2D eigenvalue weighted by atomic mass is 9.80. The van der Waals surface area contributed by atoms with Gasteiger partial charge in [0, 0.05) is 24.6 Å². The van der Waals surface area contributed by atoms with Gasteiger partial charge in [-0.3, -0.25) is 25.2 Å². The van der Waals surface area contributed by atoms with E-state index in [9.17, 15) is 19.2 Å². The molecule has 4 N–H and O–H groups in total. The number of hydrogen-bond donors (Lipinski definition) is 4. The number of rotatable bonds is 8. The number of aromatic nitrogens is 1. The minimum absolute atomic E-state index is 0.0921. The van der Waals surface area contributed by atoms with Crippen LogP contribution < -0.4 is 16.2 Å². The third-order valence-electron chi connectivity index (χ3n) is 6.56. The molecule has 8 nitrogen and oxygen atoms in total. The van der Waals surface area contributed by atoms with E-state index >= 15 is 0 Å². The third kappa shape index (κ3) is 6.49. The minimum atomic E-state index is -2.38. The highest BCUT2D eigenvalue weighted by Crippen LogP contribution is 2.39. The molecule has 0 saturated heterocycles. The van der Waals surface area contributed by atoms with Crippen molar-refractivity contribution in [3.05, 3.63) is 41.5 Å². The lowest BCUT2D eigenvalue weighted by Crippen LogP contribution is -2.52. The van der Waals surface area contributed by atoms with Crippen LogP contribution in [0.2, 0.25) is 18.1 Å². The molecule has 1 aliphatic carbocycles. The van der Waals surface area contributed by atoms with Crippen molar-refractivity contribution >= 4 is 37.4 Å². The number of carbonyl (C=O) groups is 3. The van der Waals surface area contributed by atoms with Crippen molar-refractivity contribution in [3.8, 4) is 10.4 Å². The normalized spacial score (nSPS) is 18.2. The molecule has 0 spiro atoms. The maximum absolute atomic E-state index is 12.5. The van der Waals surface area contributed by atoms with Crippen molar-refractivity contribution in [1.82, 2.24) is 21.2 Å². The van der Waals surface area contributed by atoms with E-state index in [1.807, 2.05) is 57.3 Å². The van der Waals surface area contributed by atoms with Crippen LogP contribution in [-0.2, 0) is 9.59 Å². The molecule has 1 saturated carbocycles. The van der Waals surface area contributed by atoms with Crippen molar-refractivity contribution in [2.45, 2.75) is 63.7 Å². The fourth-order valence-electron chi connectivity index (χ4n) is 3.34. The van der Waals surface area contributed by atoms with Crippen LogP contribution in [0.1, 0.15) is 49.3 Å². The lowest BCUT2D eigenvalue weighted by molar-refractivity contribution is -0.133. The van der Waals surface area contributed by atoms with Crippen LogP contribution in [0.3, 0.4) is 0 Å². The average molecular weight is 489 g/mol. The molecule has 0 radical (unpaired) electrons. The fourth-order valence-corrected chi connectivity index (χ4v) is 4.90. The van der Waals surface area contributed by atoms with Gasteiger partial charge in [-0.1, -0.05) is 44.2 Å².